The molecule has 0 aromatic heterocycles. The zero-order chi connectivity index (χ0) is 9.19. The number of amides is 1. The Bertz CT molecular complexity index is 254. The molecular formula is C6H12N2O3S. The Kier molecular flexibility index (Phi) is 2.69. The molecule has 70 valence electrons. The van der Waals surface area contributed by atoms with Gasteiger partial charge in [-0.1, -0.05) is 0 Å². The Morgan fingerprint density at radius 3 is 2.00 bits per heavy atom. The fourth-order valence-electron chi connectivity index (χ4n) is 1.14. The fourth-order valence-corrected chi connectivity index (χ4v) is 1.97. The lowest BCUT2D eigenvalue weighted by atomic mass is 10.4. The van der Waals surface area contributed by atoms with Crippen molar-refractivity contribution in [3.8, 4) is 0 Å². The molecule has 1 saturated heterocycles. The predicted octanol–water partition coefficient (Wildman–Crippen LogP) is -1.28. The molecule has 1 aliphatic rings. The third-order valence-corrected chi connectivity index (χ3v) is 3.19. The Morgan fingerprint density at radius 1 is 1.17 bits per heavy atom. The molecule has 1 heterocycles. The molecule has 0 unspecified atom stereocenters. The molecule has 6 heteroatoms. The molecular weight excluding hydrogens is 180 g/mol. The number of hydrogen-bond acceptors (Lipinski definition) is 3. The largest absolute Gasteiger partial charge is 0.343 e. The molecule has 0 radical (unpaired) electrons. The van der Waals surface area contributed by atoms with E-state index in [-0.39, 0.29) is 0 Å². The standard InChI is InChI=1S/C6H12N2O3S/c1-12(10,11)8-4-2-7(6-9)3-5-8/h6H,2-5H2,1H3. The number of rotatable bonds is 2. The van der Waals surface area contributed by atoms with Crippen molar-refractivity contribution in [3.05, 3.63) is 0 Å². The third-order valence-electron chi connectivity index (χ3n) is 1.89. The Labute approximate surface area is 72.0 Å². The molecule has 0 saturated carbocycles. The van der Waals surface area contributed by atoms with Gasteiger partial charge in [0.15, 0.2) is 0 Å². The minimum absolute atomic E-state index is 0.414. The van der Waals surface area contributed by atoms with E-state index in [1.165, 1.54) is 10.6 Å². The Balaban J connectivity index is 2.52. The second-order valence-corrected chi connectivity index (χ2v) is 4.79. The van der Waals surface area contributed by atoms with E-state index < -0.39 is 10.0 Å². The average Bonchev–Trinajstić information content (AvgIpc) is 2.03. The van der Waals surface area contributed by atoms with Gasteiger partial charge in [-0.25, -0.2) is 8.42 Å². The van der Waals surface area contributed by atoms with Crippen molar-refractivity contribution >= 4 is 16.4 Å². The summed E-state index contributed by atoms with van der Waals surface area (Å²) in [7, 11) is -3.07. The van der Waals surface area contributed by atoms with Crippen LogP contribution in [-0.4, -0.2) is 56.5 Å². The van der Waals surface area contributed by atoms with Crippen LogP contribution in [0.4, 0.5) is 0 Å². The summed E-state index contributed by atoms with van der Waals surface area (Å²) in [5, 5.41) is 0. The highest BCUT2D eigenvalue weighted by molar-refractivity contribution is 7.88. The van der Waals surface area contributed by atoms with Gasteiger partial charge in [0.05, 0.1) is 6.26 Å². The summed E-state index contributed by atoms with van der Waals surface area (Å²) in [6, 6.07) is 0. The van der Waals surface area contributed by atoms with Crippen LogP contribution >= 0.6 is 0 Å². The number of carbonyl (C=O) groups is 1. The van der Waals surface area contributed by atoms with Gasteiger partial charge in [-0.3, -0.25) is 4.79 Å². The maximum Gasteiger partial charge on any atom is 0.211 e. The molecule has 0 aliphatic carbocycles. The molecule has 1 aliphatic heterocycles. The summed E-state index contributed by atoms with van der Waals surface area (Å²) >= 11 is 0. The molecule has 12 heavy (non-hydrogen) atoms. The van der Waals surface area contributed by atoms with Crippen LogP contribution in [0.15, 0.2) is 0 Å². The van der Waals surface area contributed by atoms with Crippen LogP contribution in [0, 0.1) is 0 Å². The normalized spacial score (nSPS) is 20.9. The Morgan fingerprint density at radius 2 is 1.67 bits per heavy atom. The summed E-state index contributed by atoms with van der Waals surface area (Å²) < 4.78 is 23.4. The summed E-state index contributed by atoms with van der Waals surface area (Å²) in [4.78, 5) is 11.8. The zero-order valence-corrected chi connectivity index (χ0v) is 7.75. The maximum atomic E-state index is 11.0. The first-order valence-corrected chi connectivity index (χ1v) is 5.53. The van der Waals surface area contributed by atoms with Crippen LogP contribution in [0.1, 0.15) is 0 Å². The van der Waals surface area contributed by atoms with Gasteiger partial charge in [-0.2, -0.15) is 4.31 Å². The second kappa shape index (κ2) is 3.40. The van der Waals surface area contributed by atoms with Crippen LogP contribution in [0.2, 0.25) is 0 Å². The van der Waals surface area contributed by atoms with E-state index in [1.54, 1.807) is 4.90 Å². The van der Waals surface area contributed by atoms with Crippen LogP contribution in [0.5, 0.6) is 0 Å². The van der Waals surface area contributed by atoms with Gasteiger partial charge in [0.25, 0.3) is 0 Å². The van der Waals surface area contributed by atoms with E-state index >= 15 is 0 Å². The van der Waals surface area contributed by atoms with Gasteiger partial charge in [-0.05, 0) is 0 Å². The second-order valence-electron chi connectivity index (χ2n) is 2.80. The maximum absolute atomic E-state index is 11.0. The highest BCUT2D eigenvalue weighted by Crippen LogP contribution is 2.03. The first-order valence-electron chi connectivity index (χ1n) is 3.68. The number of piperazine rings is 1. The molecule has 5 nitrogen and oxygen atoms in total. The number of carbonyl (C=O) groups excluding carboxylic acids is 1. The minimum Gasteiger partial charge on any atom is -0.343 e. The fraction of sp³-hybridized carbons (Fsp3) is 0.833. The van der Waals surface area contributed by atoms with E-state index in [0.29, 0.717) is 26.2 Å². The monoisotopic (exact) mass is 192 g/mol. The molecule has 0 atom stereocenters. The van der Waals surface area contributed by atoms with Crippen molar-refractivity contribution in [2.45, 2.75) is 0 Å². The van der Waals surface area contributed by atoms with Gasteiger partial charge in [0, 0.05) is 26.2 Å². The SMILES string of the molecule is CS(=O)(=O)N1CCN(C=O)CC1. The van der Waals surface area contributed by atoms with E-state index in [2.05, 4.69) is 0 Å². The first kappa shape index (κ1) is 9.47. The highest BCUT2D eigenvalue weighted by atomic mass is 32.2. The summed E-state index contributed by atoms with van der Waals surface area (Å²) in [5.74, 6) is 0. The van der Waals surface area contributed by atoms with Crippen molar-refractivity contribution in [3.63, 3.8) is 0 Å². The third kappa shape index (κ3) is 2.18. The van der Waals surface area contributed by atoms with Crippen molar-refractivity contribution in [1.29, 1.82) is 0 Å². The van der Waals surface area contributed by atoms with Crippen LogP contribution < -0.4 is 0 Å². The molecule has 1 rings (SSSR count). The van der Waals surface area contributed by atoms with E-state index in [1.807, 2.05) is 0 Å². The van der Waals surface area contributed by atoms with Crippen molar-refractivity contribution in [2.24, 2.45) is 0 Å². The van der Waals surface area contributed by atoms with Gasteiger partial charge in [-0.15, -0.1) is 0 Å². The van der Waals surface area contributed by atoms with Gasteiger partial charge < -0.3 is 4.90 Å². The topological polar surface area (TPSA) is 57.7 Å². The van der Waals surface area contributed by atoms with Crippen LogP contribution in [0.3, 0.4) is 0 Å². The molecule has 0 aromatic rings. The lowest BCUT2D eigenvalue weighted by Gasteiger charge is -2.30. The van der Waals surface area contributed by atoms with E-state index in [4.69, 9.17) is 0 Å². The molecule has 0 aromatic carbocycles. The Hall–Kier alpha value is -0.620. The summed E-state index contributed by atoms with van der Waals surface area (Å²) in [6.45, 7) is 1.82. The smallest absolute Gasteiger partial charge is 0.211 e. The van der Waals surface area contributed by atoms with E-state index in [9.17, 15) is 13.2 Å². The van der Waals surface area contributed by atoms with Crippen molar-refractivity contribution < 1.29 is 13.2 Å². The van der Waals surface area contributed by atoms with Gasteiger partial charge in [0.2, 0.25) is 16.4 Å². The summed E-state index contributed by atoms with van der Waals surface area (Å²) in [5.41, 5.74) is 0. The molecule has 0 spiro atoms. The predicted molar refractivity (Wildman–Crippen MR) is 44.1 cm³/mol. The van der Waals surface area contributed by atoms with Gasteiger partial charge in [0.1, 0.15) is 0 Å². The minimum atomic E-state index is -3.07. The highest BCUT2D eigenvalue weighted by Gasteiger charge is 2.21. The van der Waals surface area contributed by atoms with Gasteiger partial charge >= 0.3 is 0 Å². The average molecular weight is 192 g/mol. The first-order chi connectivity index (χ1) is 5.54. The van der Waals surface area contributed by atoms with Crippen LogP contribution in [-0.2, 0) is 14.8 Å². The lowest BCUT2D eigenvalue weighted by Crippen LogP contribution is -2.47. The molecule has 0 bridgehead atoms. The van der Waals surface area contributed by atoms with Crippen LogP contribution in [0.25, 0.3) is 0 Å². The summed E-state index contributed by atoms with van der Waals surface area (Å²) in [6.07, 6.45) is 1.93. The quantitative estimate of drug-likeness (QED) is 0.512. The zero-order valence-electron chi connectivity index (χ0n) is 6.93. The molecule has 0 N–H and O–H groups in total. The molecule has 1 amide bonds. The number of nitrogens with zero attached hydrogens (tertiary/aromatic N) is 2. The lowest BCUT2D eigenvalue weighted by molar-refractivity contribution is -0.119. The van der Waals surface area contributed by atoms with Crippen molar-refractivity contribution in [1.82, 2.24) is 9.21 Å². The van der Waals surface area contributed by atoms with Crippen molar-refractivity contribution in [2.75, 3.05) is 32.4 Å². The molecule has 1 fully saturated rings. The number of hydrogen-bond donors (Lipinski definition) is 0. The number of sulfonamides is 1. The van der Waals surface area contributed by atoms with E-state index in [0.717, 1.165) is 6.41 Å².